The summed E-state index contributed by atoms with van der Waals surface area (Å²) in [5.74, 6) is 0. The topological polar surface area (TPSA) is 72.4 Å². The van der Waals surface area contributed by atoms with E-state index in [1.54, 1.807) is 6.33 Å². The van der Waals surface area contributed by atoms with Crippen molar-refractivity contribution in [3.8, 4) is 0 Å². The lowest BCUT2D eigenvalue weighted by Gasteiger charge is -2.24. The molecule has 0 saturated heterocycles. The number of benzene rings is 1. The molecule has 0 bridgehead atoms. The molecule has 0 spiro atoms. The molecule has 98 valence electrons. The van der Waals surface area contributed by atoms with E-state index < -0.39 is 0 Å². The minimum atomic E-state index is -0.180. The summed E-state index contributed by atoms with van der Waals surface area (Å²) in [6.07, 6.45) is 2.57. The molecule has 3 N–H and O–H groups in total. The molecule has 0 aliphatic carbocycles. The van der Waals surface area contributed by atoms with Gasteiger partial charge in [0.05, 0.1) is 36.6 Å². The second-order valence-electron chi connectivity index (χ2n) is 4.50. The van der Waals surface area contributed by atoms with E-state index in [1.807, 2.05) is 18.0 Å². The number of H-pyrrole nitrogens is 1. The molecule has 5 nitrogen and oxygen atoms in total. The fraction of sp³-hybridized carbons (Fsp3) is 0.462. The molecule has 1 aromatic carbocycles. The van der Waals surface area contributed by atoms with E-state index in [4.69, 9.17) is 10.2 Å². The molecule has 0 aliphatic rings. The third kappa shape index (κ3) is 2.87. The minimum Gasteiger partial charge on any atom is -0.395 e. The maximum Gasteiger partial charge on any atom is 0.0931 e. The Morgan fingerprint density at radius 2 is 2.11 bits per heavy atom. The molecule has 0 amide bonds. The average Bonchev–Trinajstić information content (AvgIpc) is 2.85. The van der Waals surface area contributed by atoms with Crippen LogP contribution in [0, 0.1) is 0 Å². The summed E-state index contributed by atoms with van der Waals surface area (Å²) in [6, 6.07) is 5.96. The molecular formula is C13H19N3O2. The van der Waals surface area contributed by atoms with Crippen molar-refractivity contribution in [1.29, 1.82) is 0 Å². The molecule has 0 fully saturated rings. The number of nitrogens with one attached hydrogen (secondary N) is 1. The quantitative estimate of drug-likeness (QED) is 0.692. The fourth-order valence-corrected chi connectivity index (χ4v) is 1.96. The number of fused-ring (bicyclic) bond motifs is 1. The van der Waals surface area contributed by atoms with Crippen LogP contribution in [0.1, 0.15) is 5.56 Å². The predicted molar refractivity (Wildman–Crippen MR) is 70.4 cm³/mol. The average molecular weight is 249 g/mol. The number of nitrogens with zero attached hydrogens (tertiary/aromatic N) is 2. The summed E-state index contributed by atoms with van der Waals surface area (Å²) in [5.41, 5.74) is 3.22. The Morgan fingerprint density at radius 1 is 1.33 bits per heavy atom. The molecule has 0 atom stereocenters. The number of hydrogen-bond acceptors (Lipinski definition) is 4. The van der Waals surface area contributed by atoms with Gasteiger partial charge in [-0.05, 0) is 31.2 Å². The molecule has 0 saturated carbocycles. The van der Waals surface area contributed by atoms with Crippen molar-refractivity contribution >= 4 is 11.0 Å². The van der Waals surface area contributed by atoms with Gasteiger partial charge in [-0.1, -0.05) is 6.07 Å². The van der Waals surface area contributed by atoms with Gasteiger partial charge in [-0.25, -0.2) is 4.98 Å². The van der Waals surface area contributed by atoms with Gasteiger partial charge in [-0.2, -0.15) is 0 Å². The highest BCUT2D eigenvalue weighted by Gasteiger charge is 2.12. The zero-order valence-corrected chi connectivity index (χ0v) is 10.5. The number of imidazole rings is 1. The Morgan fingerprint density at radius 3 is 2.83 bits per heavy atom. The molecule has 1 aromatic heterocycles. The standard InChI is InChI=1S/C13H19N3O2/c1-16(11(7-17)8-18)5-4-10-2-3-12-13(6-10)15-9-14-12/h2-3,6,9,11,17-18H,4-5,7-8H2,1H3,(H,14,15). The molecule has 0 aliphatic heterocycles. The van der Waals surface area contributed by atoms with Crippen LogP contribution in [0.15, 0.2) is 24.5 Å². The number of hydrogen-bond donors (Lipinski definition) is 3. The lowest BCUT2D eigenvalue weighted by Crippen LogP contribution is -2.38. The Balaban J connectivity index is 1.96. The number of aromatic amines is 1. The van der Waals surface area contributed by atoms with Crippen molar-refractivity contribution in [2.45, 2.75) is 12.5 Å². The molecule has 0 unspecified atom stereocenters. The Hall–Kier alpha value is -1.43. The van der Waals surface area contributed by atoms with E-state index in [2.05, 4.69) is 22.1 Å². The summed E-state index contributed by atoms with van der Waals surface area (Å²) >= 11 is 0. The van der Waals surface area contributed by atoms with Gasteiger partial charge in [-0.15, -0.1) is 0 Å². The fourth-order valence-electron chi connectivity index (χ4n) is 1.96. The van der Waals surface area contributed by atoms with Crippen LogP contribution in [0.2, 0.25) is 0 Å². The van der Waals surface area contributed by atoms with Crippen LogP contribution >= 0.6 is 0 Å². The molecule has 5 heteroatoms. The van der Waals surface area contributed by atoms with Crippen LogP contribution in [0.3, 0.4) is 0 Å². The van der Waals surface area contributed by atoms with Gasteiger partial charge < -0.3 is 15.2 Å². The Kier molecular flexibility index (Phi) is 4.30. The van der Waals surface area contributed by atoms with Crippen LogP contribution in [-0.4, -0.2) is 57.9 Å². The highest BCUT2D eigenvalue weighted by molar-refractivity contribution is 5.75. The Labute approximate surface area is 106 Å². The smallest absolute Gasteiger partial charge is 0.0931 e. The first-order valence-corrected chi connectivity index (χ1v) is 6.08. The maximum atomic E-state index is 9.09. The molecular weight excluding hydrogens is 230 g/mol. The minimum absolute atomic E-state index is 0.0212. The first-order chi connectivity index (χ1) is 8.74. The molecule has 18 heavy (non-hydrogen) atoms. The molecule has 2 aromatic rings. The third-order valence-electron chi connectivity index (χ3n) is 3.28. The lowest BCUT2D eigenvalue weighted by molar-refractivity contribution is 0.0925. The molecule has 0 radical (unpaired) electrons. The van der Waals surface area contributed by atoms with Crippen LogP contribution in [0.5, 0.6) is 0 Å². The first kappa shape index (κ1) is 13.0. The van der Waals surface area contributed by atoms with Gasteiger partial charge in [-0.3, -0.25) is 4.90 Å². The van der Waals surface area contributed by atoms with Crippen molar-refractivity contribution in [2.75, 3.05) is 26.8 Å². The van der Waals surface area contributed by atoms with Crippen molar-refractivity contribution in [2.24, 2.45) is 0 Å². The summed E-state index contributed by atoms with van der Waals surface area (Å²) < 4.78 is 0. The second kappa shape index (κ2) is 5.95. The van der Waals surface area contributed by atoms with Crippen molar-refractivity contribution < 1.29 is 10.2 Å². The first-order valence-electron chi connectivity index (χ1n) is 6.08. The normalized spacial score (nSPS) is 11.8. The van der Waals surface area contributed by atoms with Crippen LogP contribution < -0.4 is 0 Å². The van der Waals surface area contributed by atoms with Crippen LogP contribution in [0.4, 0.5) is 0 Å². The largest absolute Gasteiger partial charge is 0.395 e. The van der Waals surface area contributed by atoms with E-state index in [9.17, 15) is 0 Å². The zero-order chi connectivity index (χ0) is 13.0. The van der Waals surface area contributed by atoms with Gasteiger partial charge in [0, 0.05) is 6.54 Å². The van der Waals surface area contributed by atoms with Gasteiger partial charge in [0.1, 0.15) is 0 Å². The maximum absolute atomic E-state index is 9.09. The van der Waals surface area contributed by atoms with Gasteiger partial charge >= 0.3 is 0 Å². The van der Waals surface area contributed by atoms with E-state index in [0.29, 0.717) is 0 Å². The van der Waals surface area contributed by atoms with E-state index in [-0.39, 0.29) is 19.3 Å². The number of likely N-dealkylation sites (N-methyl/N-ethyl adjacent to an activating group) is 1. The lowest BCUT2D eigenvalue weighted by atomic mass is 10.1. The number of aliphatic hydroxyl groups is 2. The molecule has 2 rings (SSSR count). The van der Waals surface area contributed by atoms with Crippen LogP contribution in [0.25, 0.3) is 11.0 Å². The monoisotopic (exact) mass is 249 g/mol. The van der Waals surface area contributed by atoms with Gasteiger partial charge in [0.15, 0.2) is 0 Å². The summed E-state index contributed by atoms with van der Waals surface area (Å²) in [6.45, 7) is 0.755. The van der Waals surface area contributed by atoms with E-state index in [1.165, 1.54) is 5.56 Å². The third-order valence-corrected chi connectivity index (χ3v) is 3.28. The number of aromatic nitrogens is 2. The van der Waals surface area contributed by atoms with Crippen molar-refractivity contribution in [3.63, 3.8) is 0 Å². The zero-order valence-electron chi connectivity index (χ0n) is 10.5. The Bertz CT molecular complexity index is 494. The summed E-state index contributed by atoms with van der Waals surface area (Å²) in [4.78, 5) is 9.24. The SMILES string of the molecule is CN(CCc1ccc2nc[nH]c2c1)C(CO)CO. The van der Waals surface area contributed by atoms with Crippen LogP contribution in [-0.2, 0) is 6.42 Å². The van der Waals surface area contributed by atoms with Crippen molar-refractivity contribution in [3.05, 3.63) is 30.1 Å². The van der Waals surface area contributed by atoms with Gasteiger partial charge in [0.2, 0.25) is 0 Å². The van der Waals surface area contributed by atoms with E-state index >= 15 is 0 Å². The summed E-state index contributed by atoms with van der Waals surface area (Å²) in [7, 11) is 1.91. The molecule has 1 heterocycles. The summed E-state index contributed by atoms with van der Waals surface area (Å²) in [5, 5.41) is 18.2. The highest BCUT2D eigenvalue weighted by atomic mass is 16.3. The van der Waals surface area contributed by atoms with Crippen molar-refractivity contribution in [1.82, 2.24) is 14.9 Å². The van der Waals surface area contributed by atoms with E-state index in [0.717, 1.165) is 24.0 Å². The number of aliphatic hydroxyl groups excluding tert-OH is 2. The number of rotatable bonds is 6. The predicted octanol–water partition coefficient (Wildman–Crippen LogP) is 0.390. The second-order valence-corrected chi connectivity index (χ2v) is 4.50. The van der Waals surface area contributed by atoms with Gasteiger partial charge in [0.25, 0.3) is 0 Å². The highest BCUT2D eigenvalue weighted by Crippen LogP contribution is 2.12.